The van der Waals surface area contributed by atoms with E-state index < -0.39 is 11.6 Å². The second-order valence-corrected chi connectivity index (χ2v) is 3.49. The lowest BCUT2D eigenvalue weighted by atomic mass is 10.0. The van der Waals surface area contributed by atoms with Gasteiger partial charge in [0.15, 0.2) is 0 Å². The van der Waals surface area contributed by atoms with Crippen molar-refractivity contribution < 1.29 is 8.78 Å². The topological polar surface area (TPSA) is 12.0 Å². The summed E-state index contributed by atoms with van der Waals surface area (Å²) in [6.07, 6.45) is 0. The van der Waals surface area contributed by atoms with E-state index in [9.17, 15) is 8.78 Å². The number of halogens is 2. The molecule has 0 aliphatic carbocycles. The first-order valence-corrected chi connectivity index (χ1v) is 4.93. The molecule has 0 atom stereocenters. The van der Waals surface area contributed by atoms with Crippen molar-refractivity contribution >= 4 is 5.69 Å². The van der Waals surface area contributed by atoms with Crippen molar-refractivity contribution in [2.45, 2.75) is 0 Å². The molecule has 1 N–H and O–H groups in total. The maximum atomic E-state index is 13.0. The van der Waals surface area contributed by atoms with Crippen LogP contribution in [0.25, 0.3) is 11.1 Å². The van der Waals surface area contributed by atoms with Gasteiger partial charge >= 0.3 is 0 Å². The molecule has 0 aliphatic rings. The van der Waals surface area contributed by atoms with E-state index in [1.54, 1.807) is 7.05 Å². The van der Waals surface area contributed by atoms with Crippen LogP contribution in [-0.2, 0) is 0 Å². The van der Waals surface area contributed by atoms with E-state index in [4.69, 9.17) is 0 Å². The van der Waals surface area contributed by atoms with Gasteiger partial charge in [0, 0.05) is 18.8 Å². The van der Waals surface area contributed by atoms with Crippen molar-refractivity contribution in [2.24, 2.45) is 0 Å². The Morgan fingerprint density at radius 1 is 0.875 bits per heavy atom. The molecule has 0 heterocycles. The predicted octanol–water partition coefficient (Wildman–Crippen LogP) is 3.67. The third kappa shape index (κ3) is 2.19. The van der Waals surface area contributed by atoms with Gasteiger partial charge in [-0.3, -0.25) is 0 Å². The Morgan fingerprint density at radius 2 is 1.56 bits per heavy atom. The minimum Gasteiger partial charge on any atom is -0.388 e. The van der Waals surface area contributed by atoms with Gasteiger partial charge in [0.2, 0.25) is 0 Å². The van der Waals surface area contributed by atoms with Gasteiger partial charge in [0.05, 0.1) is 0 Å². The Morgan fingerprint density at radius 3 is 2.19 bits per heavy atom. The molecule has 2 rings (SSSR count). The molecule has 2 aromatic carbocycles. The van der Waals surface area contributed by atoms with Gasteiger partial charge in [0.1, 0.15) is 11.6 Å². The molecule has 0 saturated carbocycles. The lowest BCUT2D eigenvalue weighted by Gasteiger charge is -2.05. The monoisotopic (exact) mass is 219 g/mol. The van der Waals surface area contributed by atoms with Crippen LogP contribution >= 0.6 is 0 Å². The second-order valence-electron chi connectivity index (χ2n) is 3.49. The van der Waals surface area contributed by atoms with Crippen molar-refractivity contribution in [3.05, 3.63) is 54.1 Å². The zero-order valence-corrected chi connectivity index (χ0v) is 8.80. The summed E-state index contributed by atoms with van der Waals surface area (Å²) in [6, 6.07) is 10.9. The maximum Gasteiger partial charge on any atom is 0.126 e. The van der Waals surface area contributed by atoms with Crippen LogP contribution in [0.5, 0.6) is 0 Å². The van der Waals surface area contributed by atoms with Crippen LogP contribution < -0.4 is 5.32 Å². The van der Waals surface area contributed by atoms with Crippen LogP contribution in [0.3, 0.4) is 0 Å². The normalized spacial score (nSPS) is 10.2. The molecule has 0 fully saturated rings. The van der Waals surface area contributed by atoms with E-state index >= 15 is 0 Å². The van der Waals surface area contributed by atoms with Gasteiger partial charge in [-0.25, -0.2) is 8.78 Å². The first-order valence-electron chi connectivity index (χ1n) is 4.93. The molecule has 0 aromatic heterocycles. The van der Waals surface area contributed by atoms with Crippen LogP contribution in [0.1, 0.15) is 0 Å². The summed E-state index contributed by atoms with van der Waals surface area (Å²) < 4.78 is 26.1. The molecule has 2 aromatic rings. The Hall–Kier alpha value is -1.90. The average Bonchev–Trinajstić information content (AvgIpc) is 2.28. The molecule has 82 valence electrons. The van der Waals surface area contributed by atoms with Crippen LogP contribution in [0.15, 0.2) is 42.5 Å². The number of hydrogen-bond donors (Lipinski definition) is 1. The molecule has 0 bridgehead atoms. The highest BCUT2D eigenvalue weighted by atomic mass is 19.1. The molecule has 0 unspecified atom stereocenters. The van der Waals surface area contributed by atoms with Gasteiger partial charge in [-0.1, -0.05) is 12.1 Å². The van der Waals surface area contributed by atoms with E-state index in [0.29, 0.717) is 5.56 Å². The summed E-state index contributed by atoms with van der Waals surface area (Å²) in [7, 11) is 1.80. The van der Waals surface area contributed by atoms with Gasteiger partial charge < -0.3 is 5.32 Å². The smallest absolute Gasteiger partial charge is 0.126 e. The van der Waals surface area contributed by atoms with Crippen molar-refractivity contribution in [3.8, 4) is 11.1 Å². The van der Waals surface area contributed by atoms with Crippen LogP contribution in [0.2, 0.25) is 0 Å². The highest BCUT2D eigenvalue weighted by Gasteiger charge is 2.03. The van der Waals surface area contributed by atoms with Crippen LogP contribution in [-0.4, -0.2) is 7.05 Å². The van der Waals surface area contributed by atoms with E-state index in [1.807, 2.05) is 24.3 Å². The maximum absolute atomic E-state index is 13.0. The number of anilines is 1. The van der Waals surface area contributed by atoms with Crippen LogP contribution in [0, 0.1) is 11.6 Å². The fraction of sp³-hybridized carbons (Fsp3) is 0.0769. The first kappa shape index (κ1) is 10.6. The zero-order valence-electron chi connectivity index (χ0n) is 8.80. The molecule has 0 radical (unpaired) electrons. The Bertz CT molecular complexity index is 489. The predicted molar refractivity (Wildman–Crippen MR) is 61.3 cm³/mol. The number of rotatable bonds is 2. The average molecular weight is 219 g/mol. The third-order valence-corrected chi connectivity index (χ3v) is 2.35. The van der Waals surface area contributed by atoms with Crippen LogP contribution in [0.4, 0.5) is 14.5 Å². The minimum absolute atomic E-state index is 0.537. The largest absolute Gasteiger partial charge is 0.388 e. The number of benzene rings is 2. The standard InChI is InChI=1S/C13H11F2N/c1-16-13-4-2-3-9(7-13)10-5-11(14)8-12(15)6-10/h2-8,16H,1H3. The highest BCUT2D eigenvalue weighted by Crippen LogP contribution is 2.24. The van der Waals surface area contributed by atoms with Gasteiger partial charge in [-0.05, 0) is 35.4 Å². The quantitative estimate of drug-likeness (QED) is 0.812. The fourth-order valence-corrected chi connectivity index (χ4v) is 1.57. The van der Waals surface area contributed by atoms with Crippen molar-refractivity contribution in [1.29, 1.82) is 0 Å². The third-order valence-electron chi connectivity index (χ3n) is 2.35. The van der Waals surface area contributed by atoms with E-state index in [1.165, 1.54) is 12.1 Å². The lowest BCUT2D eigenvalue weighted by Crippen LogP contribution is -1.89. The summed E-state index contributed by atoms with van der Waals surface area (Å²) in [6.45, 7) is 0. The van der Waals surface area contributed by atoms with Crippen molar-refractivity contribution in [1.82, 2.24) is 0 Å². The second kappa shape index (κ2) is 4.31. The fourth-order valence-electron chi connectivity index (χ4n) is 1.57. The molecular weight excluding hydrogens is 208 g/mol. The molecule has 0 aliphatic heterocycles. The van der Waals surface area contributed by atoms with Gasteiger partial charge in [-0.2, -0.15) is 0 Å². The summed E-state index contributed by atoms with van der Waals surface area (Å²) in [5.74, 6) is -1.13. The molecule has 1 nitrogen and oxygen atoms in total. The Kier molecular flexibility index (Phi) is 2.86. The van der Waals surface area contributed by atoms with Crippen molar-refractivity contribution in [3.63, 3.8) is 0 Å². The first-order chi connectivity index (χ1) is 7.69. The Balaban J connectivity index is 2.49. The van der Waals surface area contributed by atoms with Gasteiger partial charge in [-0.15, -0.1) is 0 Å². The molecule has 0 amide bonds. The Labute approximate surface area is 92.7 Å². The molecule has 3 heteroatoms. The molecular formula is C13H11F2N. The SMILES string of the molecule is CNc1cccc(-c2cc(F)cc(F)c2)c1. The van der Waals surface area contributed by atoms with Crippen molar-refractivity contribution in [2.75, 3.05) is 12.4 Å². The molecule has 0 saturated heterocycles. The zero-order chi connectivity index (χ0) is 11.5. The minimum atomic E-state index is -0.565. The molecule has 0 spiro atoms. The lowest BCUT2D eigenvalue weighted by molar-refractivity contribution is 0.584. The highest BCUT2D eigenvalue weighted by molar-refractivity contribution is 5.68. The number of hydrogen-bond acceptors (Lipinski definition) is 1. The molecule has 16 heavy (non-hydrogen) atoms. The number of nitrogens with one attached hydrogen (secondary N) is 1. The van der Waals surface area contributed by atoms with E-state index in [0.717, 1.165) is 17.3 Å². The van der Waals surface area contributed by atoms with E-state index in [-0.39, 0.29) is 0 Å². The summed E-state index contributed by atoms with van der Waals surface area (Å²) in [5.41, 5.74) is 2.22. The summed E-state index contributed by atoms with van der Waals surface area (Å²) in [4.78, 5) is 0. The van der Waals surface area contributed by atoms with E-state index in [2.05, 4.69) is 5.32 Å². The summed E-state index contributed by atoms with van der Waals surface area (Å²) >= 11 is 0. The summed E-state index contributed by atoms with van der Waals surface area (Å²) in [5, 5.41) is 2.98. The van der Waals surface area contributed by atoms with Gasteiger partial charge in [0.25, 0.3) is 0 Å².